The van der Waals surface area contributed by atoms with E-state index in [2.05, 4.69) is 0 Å². The van der Waals surface area contributed by atoms with E-state index in [0.717, 1.165) is 6.07 Å². The van der Waals surface area contributed by atoms with Crippen LogP contribution in [-0.4, -0.2) is 16.0 Å². The molecule has 0 aliphatic carbocycles. The SMILES string of the molecule is O=C(O)c1cccc(-c2cccc([N+](=O)[O-])c2)c1F. The van der Waals surface area contributed by atoms with Crippen molar-refractivity contribution < 1.29 is 19.2 Å². The van der Waals surface area contributed by atoms with Crippen molar-refractivity contribution in [2.75, 3.05) is 0 Å². The number of nitrogens with zero attached hydrogens (tertiary/aromatic N) is 1. The lowest BCUT2D eigenvalue weighted by atomic mass is 10.0. The summed E-state index contributed by atoms with van der Waals surface area (Å²) in [6.45, 7) is 0. The Morgan fingerprint density at radius 3 is 2.53 bits per heavy atom. The smallest absolute Gasteiger partial charge is 0.338 e. The van der Waals surface area contributed by atoms with Gasteiger partial charge < -0.3 is 5.11 Å². The predicted molar refractivity (Wildman–Crippen MR) is 65.4 cm³/mol. The average molecular weight is 261 g/mol. The summed E-state index contributed by atoms with van der Waals surface area (Å²) < 4.78 is 14.0. The van der Waals surface area contributed by atoms with Crippen LogP contribution in [0.3, 0.4) is 0 Å². The topological polar surface area (TPSA) is 80.4 Å². The van der Waals surface area contributed by atoms with Crippen molar-refractivity contribution in [2.24, 2.45) is 0 Å². The van der Waals surface area contributed by atoms with Crippen LogP contribution in [0.15, 0.2) is 42.5 Å². The monoisotopic (exact) mass is 261 g/mol. The molecule has 0 amide bonds. The number of benzene rings is 2. The van der Waals surface area contributed by atoms with E-state index in [0.29, 0.717) is 0 Å². The van der Waals surface area contributed by atoms with E-state index in [1.165, 1.54) is 36.4 Å². The molecule has 0 heterocycles. The summed E-state index contributed by atoms with van der Waals surface area (Å²) in [6, 6.07) is 9.28. The van der Waals surface area contributed by atoms with Crippen LogP contribution in [0.25, 0.3) is 11.1 Å². The van der Waals surface area contributed by atoms with Crippen LogP contribution >= 0.6 is 0 Å². The summed E-state index contributed by atoms with van der Waals surface area (Å²) in [6.07, 6.45) is 0. The summed E-state index contributed by atoms with van der Waals surface area (Å²) in [5.74, 6) is -2.29. The molecule has 0 unspecified atom stereocenters. The molecule has 0 saturated heterocycles. The molecule has 6 heteroatoms. The lowest BCUT2D eigenvalue weighted by Crippen LogP contribution is -2.01. The Labute approximate surface area is 107 Å². The van der Waals surface area contributed by atoms with E-state index in [4.69, 9.17) is 5.11 Å². The zero-order chi connectivity index (χ0) is 14.0. The average Bonchev–Trinajstić information content (AvgIpc) is 2.38. The Balaban J connectivity index is 2.59. The quantitative estimate of drug-likeness (QED) is 0.680. The van der Waals surface area contributed by atoms with Crippen LogP contribution in [0.2, 0.25) is 0 Å². The van der Waals surface area contributed by atoms with Crippen molar-refractivity contribution in [1.82, 2.24) is 0 Å². The molecule has 0 spiro atoms. The molecule has 0 aromatic heterocycles. The van der Waals surface area contributed by atoms with E-state index >= 15 is 0 Å². The number of aromatic carboxylic acids is 1. The third-order valence-electron chi connectivity index (χ3n) is 2.60. The maximum absolute atomic E-state index is 14.0. The molecular formula is C13H8FNO4. The molecule has 0 fully saturated rings. The van der Waals surface area contributed by atoms with E-state index in [9.17, 15) is 19.3 Å². The molecular weight excluding hydrogens is 253 g/mol. The minimum Gasteiger partial charge on any atom is -0.478 e. The molecule has 0 aliphatic heterocycles. The second-order valence-electron chi connectivity index (χ2n) is 3.78. The maximum atomic E-state index is 14.0. The Kier molecular flexibility index (Phi) is 3.24. The van der Waals surface area contributed by atoms with Gasteiger partial charge in [0, 0.05) is 17.7 Å². The number of nitro benzene ring substituents is 1. The third kappa shape index (κ3) is 2.42. The molecule has 0 radical (unpaired) electrons. The molecule has 0 aliphatic rings. The fourth-order valence-corrected chi connectivity index (χ4v) is 1.71. The van der Waals surface area contributed by atoms with Gasteiger partial charge in [0.15, 0.2) is 0 Å². The van der Waals surface area contributed by atoms with E-state index < -0.39 is 22.3 Å². The molecule has 19 heavy (non-hydrogen) atoms. The Bertz CT molecular complexity index is 669. The lowest BCUT2D eigenvalue weighted by molar-refractivity contribution is -0.384. The summed E-state index contributed by atoms with van der Waals surface area (Å²) in [5.41, 5.74) is -0.375. The molecule has 5 nitrogen and oxygen atoms in total. The van der Waals surface area contributed by atoms with Gasteiger partial charge in [0.2, 0.25) is 0 Å². The second kappa shape index (κ2) is 4.85. The number of non-ortho nitro benzene ring substituents is 1. The minimum absolute atomic E-state index is 0.0172. The van der Waals surface area contributed by atoms with Gasteiger partial charge in [0.1, 0.15) is 5.82 Å². The van der Waals surface area contributed by atoms with Gasteiger partial charge in [0.05, 0.1) is 10.5 Å². The van der Waals surface area contributed by atoms with Gasteiger partial charge in [0.25, 0.3) is 5.69 Å². The number of halogens is 1. The zero-order valence-electron chi connectivity index (χ0n) is 9.54. The van der Waals surface area contributed by atoms with Gasteiger partial charge in [-0.05, 0) is 11.6 Å². The van der Waals surface area contributed by atoms with Gasteiger partial charge >= 0.3 is 5.97 Å². The van der Waals surface area contributed by atoms with Crippen molar-refractivity contribution in [3.8, 4) is 11.1 Å². The standard InChI is InChI=1S/C13H8FNO4/c14-12-10(5-2-6-11(12)13(16)17)8-3-1-4-9(7-8)15(18)19/h1-7H,(H,16,17). The Morgan fingerprint density at radius 2 is 1.89 bits per heavy atom. The molecule has 2 rings (SSSR count). The van der Waals surface area contributed by atoms with Crippen molar-refractivity contribution in [3.63, 3.8) is 0 Å². The third-order valence-corrected chi connectivity index (χ3v) is 2.60. The maximum Gasteiger partial charge on any atom is 0.338 e. The van der Waals surface area contributed by atoms with Crippen LogP contribution in [-0.2, 0) is 0 Å². The van der Waals surface area contributed by atoms with Crippen LogP contribution in [0, 0.1) is 15.9 Å². The normalized spacial score (nSPS) is 10.2. The first kappa shape index (κ1) is 12.7. The van der Waals surface area contributed by atoms with Crippen molar-refractivity contribution in [1.29, 1.82) is 0 Å². The molecule has 96 valence electrons. The molecule has 2 aromatic carbocycles. The highest BCUT2D eigenvalue weighted by molar-refractivity contribution is 5.90. The fraction of sp³-hybridized carbons (Fsp3) is 0. The largest absolute Gasteiger partial charge is 0.478 e. The summed E-state index contributed by atoms with van der Waals surface area (Å²) in [5, 5.41) is 19.5. The summed E-state index contributed by atoms with van der Waals surface area (Å²) in [4.78, 5) is 20.9. The molecule has 2 aromatic rings. The van der Waals surface area contributed by atoms with Gasteiger partial charge in [-0.3, -0.25) is 10.1 Å². The van der Waals surface area contributed by atoms with Gasteiger partial charge in [-0.15, -0.1) is 0 Å². The van der Waals surface area contributed by atoms with Crippen LogP contribution in [0.5, 0.6) is 0 Å². The number of hydrogen-bond acceptors (Lipinski definition) is 3. The fourth-order valence-electron chi connectivity index (χ4n) is 1.71. The molecule has 1 N–H and O–H groups in total. The van der Waals surface area contributed by atoms with Gasteiger partial charge in [-0.2, -0.15) is 0 Å². The highest BCUT2D eigenvalue weighted by Crippen LogP contribution is 2.27. The number of carboxylic acid groups (broad SMARTS) is 1. The number of carboxylic acids is 1. The molecule has 0 bridgehead atoms. The second-order valence-corrected chi connectivity index (χ2v) is 3.78. The number of carbonyl (C=O) groups is 1. The highest BCUT2D eigenvalue weighted by Gasteiger charge is 2.16. The van der Waals surface area contributed by atoms with Crippen LogP contribution in [0.1, 0.15) is 10.4 Å². The van der Waals surface area contributed by atoms with Crippen molar-refractivity contribution in [3.05, 3.63) is 64.0 Å². The summed E-state index contributed by atoms with van der Waals surface area (Å²) >= 11 is 0. The first-order valence-electron chi connectivity index (χ1n) is 5.27. The Hall–Kier alpha value is -2.76. The zero-order valence-corrected chi connectivity index (χ0v) is 9.54. The highest BCUT2D eigenvalue weighted by atomic mass is 19.1. The van der Waals surface area contributed by atoms with Crippen molar-refractivity contribution in [2.45, 2.75) is 0 Å². The Morgan fingerprint density at radius 1 is 1.21 bits per heavy atom. The van der Waals surface area contributed by atoms with E-state index in [-0.39, 0.29) is 16.8 Å². The van der Waals surface area contributed by atoms with Gasteiger partial charge in [-0.25, -0.2) is 9.18 Å². The number of rotatable bonds is 3. The first-order chi connectivity index (χ1) is 9.00. The molecule has 0 atom stereocenters. The van der Waals surface area contributed by atoms with Gasteiger partial charge in [-0.1, -0.05) is 24.3 Å². The van der Waals surface area contributed by atoms with E-state index in [1.54, 1.807) is 0 Å². The minimum atomic E-state index is -1.38. The lowest BCUT2D eigenvalue weighted by Gasteiger charge is -2.05. The van der Waals surface area contributed by atoms with E-state index in [1.807, 2.05) is 0 Å². The van der Waals surface area contributed by atoms with Crippen LogP contribution in [0.4, 0.5) is 10.1 Å². The number of hydrogen-bond donors (Lipinski definition) is 1. The predicted octanol–water partition coefficient (Wildman–Crippen LogP) is 3.10. The van der Waals surface area contributed by atoms with Crippen LogP contribution < -0.4 is 0 Å². The summed E-state index contributed by atoms with van der Waals surface area (Å²) in [7, 11) is 0. The number of nitro groups is 1. The first-order valence-corrected chi connectivity index (χ1v) is 5.27. The molecule has 0 saturated carbocycles. The van der Waals surface area contributed by atoms with Crippen molar-refractivity contribution >= 4 is 11.7 Å².